The van der Waals surface area contributed by atoms with E-state index < -0.39 is 5.54 Å². The fraction of sp³-hybridized carbons (Fsp3) is 0.625. The molecular weight excluding hydrogens is 241 g/mol. The lowest BCUT2D eigenvalue weighted by Gasteiger charge is -2.34. The Kier molecular flexibility index (Phi) is 4.94. The largest absolute Gasteiger partial charge is 0.394 e. The molecule has 106 valence electrons. The highest BCUT2D eigenvalue weighted by Crippen LogP contribution is 2.27. The minimum absolute atomic E-state index is 0.0928. The van der Waals surface area contributed by atoms with E-state index in [1.54, 1.807) is 12.1 Å². The van der Waals surface area contributed by atoms with Crippen molar-refractivity contribution in [3.05, 3.63) is 35.6 Å². The van der Waals surface area contributed by atoms with Crippen LogP contribution in [0.2, 0.25) is 0 Å². The van der Waals surface area contributed by atoms with Crippen molar-refractivity contribution in [3.63, 3.8) is 0 Å². The van der Waals surface area contributed by atoms with Gasteiger partial charge in [-0.05, 0) is 25.8 Å². The quantitative estimate of drug-likeness (QED) is 0.818. The van der Waals surface area contributed by atoms with Crippen LogP contribution in [0, 0.1) is 5.82 Å². The molecule has 2 N–H and O–H groups in total. The van der Waals surface area contributed by atoms with Gasteiger partial charge in [0.1, 0.15) is 5.82 Å². The van der Waals surface area contributed by atoms with Gasteiger partial charge >= 0.3 is 0 Å². The van der Waals surface area contributed by atoms with Gasteiger partial charge in [0.15, 0.2) is 0 Å². The predicted molar refractivity (Wildman–Crippen MR) is 75.5 cm³/mol. The summed E-state index contributed by atoms with van der Waals surface area (Å²) in [7, 11) is 0. The van der Waals surface area contributed by atoms with Crippen molar-refractivity contribution in [2.45, 2.75) is 57.0 Å². The summed E-state index contributed by atoms with van der Waals surface area (Å²) in [6.45, 7) is 1.79. The lowest BCUT2D eigenvalue weighted by atomic mass is 9.90. The molecule has 1 aromatic carbocycles. The van der Waals surface area contributed by atoms with Crippen LogP contribution >= 0.6 is 0 Å². The highest BCUT2D eigenvalue weighted by atomic mass is 19.1. The van der Waals surface area contributed by atoms with E-state index in [-0.39, 0.29) is 12.4 Å². The third-order valence-corrected chi connectivity index (χ3v) is 4.16. The fourth-order valence-corrected chi connectivity index (χ4v) is 2.99. The number of nitrogens with one attached hydrogen (secondary N) is 1. The van der Waals surface area contributed by atoms with Crippen molar-refractivity contribution in [3.8, 4) is 0 Å². The minimum atomic E-state index is -0.694. The third-order valence-electron chi connectivity index (χ3n) is 4.16. The van der Waals surface area contributed by atoms with Gasteiger partial charge in [-0.2, -0.15) is 0 Å². The summed E-state index contributed by atoms with van der Waals surface area (Å²) in [5.74, 6) is -0.250. The summed E-state index contributed by atoms with van der Waals surface area (Å²) < 4.78 is 14.0. The first-order valence-corrected chi connectivity index (χ1v) is 7.29. The second-order valence-corrected chi connectivity index (χ2v) is 5.80. The maximum Gasteiger partial charge on any atom is 0.128 e. The van der Waals surface area contributed by atoms with Crippen LogP contribution in [-0.4, -0.2) is 17.8 Å². The van der Waals surface area contributed by atoms with Crippen LogP contribution in [0.25, 0.3) is 0 Å². The highest BCUT2D eigenvalue weighted by Gasteiger charge is 2.31. The summed E-state index contributed by atoms with van der Waals surface area (Å²) in [5, 5.41) is 13.2. The maximum absolute atomic E-state index is 14.0. The Morgan fingerprint density at radius 2 is 1.84 bits per heavy atom. The monoisotopic (exact) mass is 265 g/mol. The molecular formula is C16H24FNO. The van der Waals surface area contributed by atoms with Crippen LogP contribution in [0.15, 0.2) is 24.3 Å². The summed E-state index contributed by atoms with van der Waals surface area (Å²) >= 11 is 0. The van der Waals surface area contributed by atoms with Crippen molar-refractivity contribution >= 4 is 0 Å². The summed E-state index contributed by atoms with van der Waals surface area (Å²) in [6, 6.07) is 7.09. The SMILES string of the molecule is CC(CO)(NC1CCCCCC1)c1ccccc1F. The predicted octanol–water partition coefficient (Wildman–Crippen LogP) is 3.35. The molecule has 1 aromatic rings. The van der Waals surface area contributed by atoms with E-state index >= 15 is 0 Å². The molecule has 0 radical (unpaired) electrons. The van der Waals surface area contributed by atoms with Gasteiger partial charge in [-0.15, -0.1) is 0 Å². The second kappa shape index (κ2) is 6.49. The van der Waals surface area contributed by atoms with Crippen LogP contribution < -0.4 is 5.32 Å². The number of hydrogen-bond acceptors (Lipinski definition) is 2. The zero-order chi connectivity index (χ0) is 13.7. The molecule has 1 atom stereocenters. The fourth-order valence-electron chi connectivity index (χ4n) is 2.99. The molecule has 1 unspecified atom stereocenters. The zero-order valence-corrected chi connectivity index (χ0v) is 11.7. The smallest absolute Gasteiger partial charge is 0.128 e. The van der Waals surface area contributed by atoms with Gasteiger partial charge in [-0.1, -0.05) is 43.9 Å². The van der Waals surface area contributed by atoms with Gasteiger partial charge in [0.25, 0.3) is 0 Å². The number of benzene rings is 1. The molecule has 1 aliphatic rings. The molecule has 0 saturated heterocycles. The third kappa shape index (κ3) is 3.54. The molecule has 2 nitrogen and oxygen atoms in total. The molecule has 0 aromatic heterocycles. The van der Waals surface area contributed by atoms with Crippen molar-refractivity contribution < 1.29 is 9.50 Å². The van der Waals surface area contributed by atoms with Gasteiger partial charge in [-0.25, -0.2) is 4.39 Å². The topological polar surface area (TPSA) is 32.3 Å². The van der Waals surface area contributed by atoms with Crippen LogP contribution in [0.4, 0.5) is 4.39 Å². The van der Waals surface area contributed by atoms with E-state index in [2.05, 4.69) is 5.32 Å². The van der Waals surface area contributed by atoms with E-state index in [0.29, 0.717) is 11.6 Å². The molecule has 0 amide bonds. The van der Waals surface area contributed by atoms with Crippen LogP contribution in [0.3, 0.4) is 0 Å². The molecule has 0 heterocycles. The minimum Gasteiger partial charge on any atom is -0.394 e. The van der Waals surface area contributed by atoms with Crippen LogP contribution in [0.1, 0.15) is 51.0 Å². The van der Waals surface area contributed by atoms with Crippen LogP contribution in [-0.2, 0) is 5.54 Å². The zero-order valence-electron chi connectivity index (χ0n) is 11.7. The van der Waals surface area contributed by atoms with Crippen LogP contribution in [0.5, 0.6) is 0 Å². The Bertz CT molecular complexity index is 401. The van der Waals surface area contributed by atoms with Gasteiger partial charge < -0.3 is 10.4 Å². The van der Waals surface area contributed by atoms with Crippen molar-refractivity contribution in [2.24, 2.45) is 0 Å². The number of hydrogen-bond donors (Lipinski definition) is 2. The summed E-state index contributed by atoms with van der Waals surface area (Å²) in [4.78, 5) is 0. The lowest BCUT2D eigenvalue weighted by molar-refractivity contribution is 0.153. The first kappa shape index (κ1) is 14.5. The summed E-state index contributed by atoms with van der Waals surface area (Å²) in [5.41, 5.74) is -0.137. The number of aliphatic hydroxyl groups is 1. The Hall–Kier alpha value is -0.930. The van der Waals surface area contributed by atoms with E-state index in [0.717, 1.165) is 12.8 Å². The molecule has 2 rings (SSSR count). The van der Waals surface area contributed by atoms with Gasteiger partial charge in [0.05, 0.1) is 12.1 Å². The van der Waals surface area contributed by atoms with Crippen molar-refractivity contribution in [2.75, 3.05) is 6.61 Å². The van der Waals surface area contributed by atoms with E-state index in [9.17, 15) is 9.50 Å². The Morgan fingerprint density at radius 3 is 2.42 bits per heavy atom. The Balaban J connectivity index is 2.15. The lowest BCUT2D eigenvalue weighted by Crippen LogP contribution is -2.48. The van der Waals surface area contributed by atoms with E-state index in [4.69, 9.17) is 0 Å². The average Bonchev–Trinajstić information content (AvgIpc) is 2.67. The number of rotatable bonds is 4. The number of halogens is 1. The molecule has 0 aliphatic heterocycles. The molecule has 1 aliphatic carbocycles. The van der Waals surface area contributed by atoms with E-state index in [1.807, 2.05) is 13.0 Å². The molecule has 19 heavy (non-hydrogen) atoms. The van der Waals surface area contributed by atoms with Gasteiger partial charge in [0, 0.05) is 11.6 Å². The first-order valence-electron chi connectivity index (χ1n) is 7.29. The Labute approximate surface area is 115 Å². The molecule has 0 bridgehead atoms. The normalized spacial score (nSPS) is 20.8. The highest BCUT2D eigenvalue weighted by molar-refractivity contribution is 5.26. The Morgan fingerprint density at radius 1 is 1.21 bits per heavy atom. The van der Waals surface area contributed by atoms with Crippen molar-refractivity contribution in [1.29, 1.82) is 0 Å². The standard InChI is InChI=1S/C16H24FNO/c1-16(12-19,14-10-6-7-11-15(14)17)18-13-8-4-2-3-5-9-13/h6-7,10-11,13,18-19H,2-5,8-9,12H2,1H3. The molecule has 1 saturated carbocycles. The molecule has 0 spiro atoms. The van der Waals surface area contributed by atoms with Crippen molar-refractivity contribution in [1.82, 2.24) is 5.32 Å². The maximum atomic E-state index is 14.0. The van der Waals surface area contributed by atoms with Gasteiger partial charge in [-0.3, -0.25) is 0 Å². The number of aliphatic hydroxyl groups excluding tert-OH is 1. The average molecular weight is 265 g/mol. The molecule has 3 heteroatoms. The first-order chi connectivity index (χ1) is 9.15. The molecule has 1 fully saturated rings. The second-order valence-electron chi connectivity index (χ2n) is 5.80. The summed E-state index contributed by atoms with van der Waals surface area (Å²) in [6.07, 6.45) is 7.24. The van der Waals surface area contributed by atoms with E-state index in [1.165, 1.54) is 31.7 Å². The van der Waals surface area contributed by atoms with Gasteiger partial charge in [0.2, 0.25) is 0 Å².